The van der Waals surface area contributed by atoms with Crippen LogP contribution in [0.3, 0.4) is 0 Å². The summed E-state index contributed by atoms with van der Waals surface area (Å²) in [5, 5.41) is 2.39. The molecule has 0 spiro atoms. The molecule has 0 radical (unpaired) electrons. The largest absolute Gasteiger partial charge is 0.459 e. The molecule has 96 valence electrons. The summed E-state index contributed by atoms with van der Waals surface area (Å²) in [4.78, 5) is 13.0. The molecule has 0 atom stereocenters. The van der Waals surface area contributed by atoms with E-state index in [1.54, 1.807) is 11.3 Å². The number of halogens is 1. The summed E-state index contributed by atoms with van der Waals surface area (Å²) in [6.45, 7) is 3.64. The number of thiophene rings is 2. The maximum Gasteiger partial charge on any atom is 0.342 e. The van der Waals surface area contributed by atoms with E-state index in [0.29, 0.717) is 10.6 Å². The Balaban J connectivity index is 2.41. The minimum Gasteiger partial charge on any atom is -0.459 e. The summed E-state index contributed by atoms with van der Waals surface area (Å²) in [6, 6.07) is 3.91. The summed E-state index contributed by atoms with van der Waals surface area (Å²) in [6.07, 6.45) is -0.153. The number of hydrogen-bond acceptors (Lipinski definition) is 5. The highest BCUT2D eigenvalue weighted by Crippen LogP contribution is 2.39. The molecule has 0 amide bonds. The second kappa shape index (κ2) is 5.42. The van der Waals surface area contributed by atoms with Crippen LogP contribution in [0.15, 0.2) is 21.3 Å². The van der Waals surface area contributed by atoms with Crippen molar-refractivity contribution >= 4 is 49.6 Å². The number of nitrogens with two attached hydrogens (primary N) is 1. The third-order valence-electron chi connectivity index (χ3n) is 2.21. The molecule has 2 heterocycles. The molecule has 2 aromatic heterocycles. The molecule has 0 aliphatic rings. The average Bonchev–Trinajstić information content (AvgIpc) is 2.83. The molecule has 2 rings (SSSR count). The zero-order valence-electron chi connectivity index (χ0n) is 9.90. The first-order chi connectivity index (χ1) is 8.49. The van der Waals surface area contributed by atoms with Gasteiger partial charge in [-0.15, -0.1) is 22.7 Å². The summed E-state index contributed by atoms with van der Waals surface area (Å²) in [5.41, 5.74) is 7.19. The lowest BCUT2D eigenvalue weighted by atomic mass is 10.1. The molecule has 0 unspecified atom stereocenters. The first-order valence-corrected chi connectivity index (χ1v) is 7.81. The maximum absolute atomic E-state index is 12.0. The standard InChI is InChI=1S/C12H12BrNO2S2/c1-6(2)16-12(15)10-7(5-17-11(10)14)8-3-4-9(13)18-8/h3-6H,14H2,1-2H3. The number of ether oxygens (including phenoxy) is 1. The number of esters is 1. The predicted molar refractivity (Wildman–Crippen MR) is 80.3 cm³/mol. The van der Waals surface area contributed by atoms with Gasteiger partial charge in [-0.3, -0.25) is 0 Å². The van der Waals surface area contributed by atoms with Crippen molar-refractivity contribution in [2.45, 2.75) is 20.0 Å². The molecule has 2 N–H and O–H groups in total. The molecule has 3 nitrogen and oxygen atoms in total. The van der Waals surface area contributed by atoms with Gasteiger partial charge in [0.15, 0.2) is 0 Å². The summed E-state index contributed by atoms with van der Waals surface area (Å²) in [7, 11) is 0. The monoisotopic (exact) mass is 345 g/mol. The molecule has 0 aliphatic heterocycles. The van der Waals surface area contributed by atoms with Crippen molar-refractivity contribution in [1.82, 2.24) is 0 Å². The molecule has 0 saturated carbocycles. The second-order valence-corrected chi connectivity index (χ2v) is 7.32. The van der Waals surface area contributed by atoms with Gasteiger partial charge in [0.25, 0.3) is 0 Å². The lowest BCUT2D eigenvalue weighted by molar-refractivity contribution is 0.0380. The Morgan fingerprint density at radius 1 is 1.44 bits per heavy atom. The van der Waals surface area contributed by atoms with E-state index in [9.17, 15) is 4.79 Å². The highest BCUT2D eigenvalue weighted by molar-refractivity contribution is 9.11. The number of carbonyl (C=O) groups excluding carboxylic acids is 1. The van der Waals surface area contributed by atoms with Crippen LogP contribution < -0.4 is 5.73 Å². The zero-order chi connectivity index (χ0) is 13.3. The van der Waals surface area contributed by atoms with Gasteiger partial charge in [-0.25, -0.2) is 4.79 Å². The van der Waals surface area contributed by atoms with Crippen LogP contribution in [-0.2, 0) is 4.74 Å². The van der Waals surface area contributed by atoms with Crippen molar-refractivity contribution in [3.8, 4) is 10.4 Å². The quantitative estimate of drug-likeness (QED) is 0.839. The predicted octanol–water partition coefficient (Wildman–Crippen LogP) is 4.39. The molecule has 18 heavy (non-hydrogen) atoms. The molecular formula is C12H12BrNO2S2. The number of hydrogen-bond donors (Lipinski definition) is 1. The van der Waals surface area contributed by atoms with Crippen molar-refractivity contribution in [2.24, 2.45) is 0 Å². The first-order valence-electron chi connectivity index (χ1n) is 5.32. The Bertz CT molecular complexity index is 574. The van der Waals surface area contributed by atoms with E-state index in [1.807, 2.05) is 31.4 Å². The van der Waals surface area contributed by atoms with Gasteiger partial charge >= 0.3 is 5.97 Å². The topological polar surface area (TPSA) is 52.3 Å². The minimum absolute atomic E-state index is 0.153. The van der Waals surface area contributed by atoms with Crippen molar-refractivity contribution in [3.05, 3.63) is 26.9 Å². The van der Waals surface area contributed by atoms with Gasteiger partial charge in [0.2, 0.25) is 0 Å². The Kier molecular flexibility index (Phi) is 4.09. The smallest absolute Gasteiger partial charge is 0.342 e. The number of anilines is 1. The SMILES string of the molecule is CC(C)OC(=O)c1c(-c2ccc(Br)s2)csc1N. The number of rotatable bonds is 3. The van der Waals surface area contributed by atoms with E-state index in [2.05, 4.69) is 15.9 Å². The van der Waals surface area contributed by atoms with Crippen molar-refractivity contribution in [1.29, 1.82) is 0 Å². The molecule has 6 heteroatoms. The lowest BCUT2D eigenvalue weighted by Crippen LogP contribution is -2.12. The first kappa shape index (κ1) is 13.6. The Morgan fingerprint density at radius 3 is 2.72 bits per heavy atom. The van der Waals surface area contributed by atoms with Gasteiger partial charge < -0.3 is 10.5 Å². The summed E-state index contributed by atoms with van der Waals surface area (Å²) in [5.74, 6) is -0.358. The fourth-order valence-electron chi connectivity index (χ4n) is 1.50. The van der Waals surface area contributed by atoms with E-state index in [-0.39, 0.29) is 12.1 Å². The van der Waals surface area contributed by atoms with E-state index < -0.39 is 0 Å². The lowest BCUT2D eigenvalue weighted by Gasteiger charge is -2.08. The van der Waals surface area contributed by atoms with Crippen LogP contribution in [-0.4, -0.2) is 12.1 Å². The Labute approximate surface area is 122 Å². The van der Waals surface area contributed by atoms with Gasteiger partial charge in [0.05, 0.1) is 9.89 Å². The van der Waals surface area contributed by atoms with Crippen molar-refractivity contribution in [3.63, 3.8) is 0 Å². The molecule has 0 bridgehead atoms. The average molecular weight is 346 g/mol. The summed E-state index contributed by atoms with van der Waals surface area (Å²) < 4.78 is 6.24. The van der Waals surface area contributed by atoms with Crippen LogP contribution in [0.4, 0.5) is 5.00 Å². The molecule has 0 saturated heterocycles. The fourth-order valence-corrected chi connectivity index (χ4v) is 3.78. The van der Waals surface area contributed by atoms with Crippen LogP contribution in [0.5, 0.6) is 0 Å². The fraction of sp³-hybridized carbons (Fsp3) is 0.250. The number of carbonyl (C=O) groups is 1. The minimum atomic E-state index is -0.358. The highest BCUT2D eigenvalue weighted by atomic mass is 79.9. The van der Waals surface area contributed by atoms with Crippen LogP contribution in [0, 0.1) is 0 Å². The van der Waals surface area contributed by atoms with Crippen molar-refractivity contribution in [2.75, 3.05) is 5.73 Å². The van der Waals surface area contributed by atoms with Crippen molar-refractivity contribution < 1.29 is 9.53 Å². The Hall–Kier alpha value is -0.850. The van der Waals surface area contributed by atoms with Crippen LogP contribution in [0.1, 0.15) is 24.2 Å². The third-order valence-corrected chi connectivity index (χ3v) is 4.67. The van der Waals surface area contributed by atoms with E-state index >= 15 is 0 Å². The second-order valence-electron chi connectivity index (χ2n) is 3.95. The van der Waals surface area contributed by atoms with Gasteiger partial charge in [-0.2, -0.15) is 0 Å². The third kappa shape index (κ3) is 2.76. The van der Waals surface area contributed by atoms with E-state index in [1.165, 1.54) is 11.3 Å². The van der Waals surface area contributed by atoms with Crippen LogP contribution >= 0.6 is 38.6 Å². The number of nitrogen functional groups attached to an aromatic ring is 1. The van der Waals surface area contributed by atoms with E-state index in [0.717, 1.165) is 14.2 Å². The van der Waals surface area contributed by atoms with Crippen LogP contribution in [0.25, 0.3) is 10.4 Å². The maximum atomic E-state index is 12.0. The van der Waals surface area contributed by atoms with Gasteiger partial charge in [-0.05, 0) is 41.9 Å². The zero-order valence-corrected chi connectivity index (χ0v) is 13.1. The molecule has 0 aliphatic carbocycles. The Morgan fingerprint density at radius 2 is 2.17 bits per heavy atom. The highest BCUT2D eigenvalue weighted by Gasteiger charge is 2.21. The van der Waals surface area contributed by atoms with Gasteiger partial charge in [0, 0.05) is 15.8 Å². The van der Waals surface area contributed by atoms with E-state index in [4.69, 9.17) is 10.5 Å². The molecule has 2 aromatic rings. The molecule has 0 aromatic carbocycles. The van der Waals surface area contributed by atoms with Gasteiger partial charge in [-0.1, -0.05) is 0 Å². The molecular weight excluding hydrogens is 334 g/mol. The molecule has 0 fully saturated rings. The summed E-state index contributed by atoms with van der Waals surface area (Å²) >= 11 is 6.34. The van der Waals surface area contributed by atoms with Gasteiger partial charge in [0.1, 0.15) is 10.6 Å². The van der Waals surface area contributed by atoms with Crippen LogP contribution in [0.2, 0.25) is 0 Å². The normalized spacial score (nSPS) is 10.9.